The van der Waals surface area contributed by atoms with Gasteiger partial charge in [-0.3, -0.25) is 9.59 Å². The minimum atomic E-state index is -0.455. The van der Waals surface area contributed by atoms with Gasteiger partial charge in [0.05, 0.1) is 0 Å². The lowest BCUT2D eigenvalue weighted by Crippen LogP contribution is -2.19. The normalized spacial score (nSPS) is 13.4. The summed E-state index contributed by atoms with van der Waals surface area (Å²) in [5.41, 5.74) is 10.3. The van der Waals surface area contributed by atoms with Gasteiger partial charge < -0.3 is 20.5 Å². The Labute approximate surface area is 192 Å². The molecule has 2 amide bonds. The highest BCUT2D eigenvalue weighted by molar-refractivity contribution is 6.06. The van der Waals surface area contributed by atoms with Gasteiger partial charge in [0.25, 0.3) is 5.91 Å². The van der Waals surface area contributed by atoms with Crippen molar-refractivity contribution in [1.82, 2.24) is 4.57 Å². The fourth-order valence-corrected chi connectivity index (χ4v) is 4.45. The summed E-state index contributed by atoms with van der Waals surface area (Å²) in [5.74, 6) is -0.613. The third-order valence-electron chi connectivity index (χ3n) is 6.22. The Morgan fingerprint density at radius 3 is 2.27 bits per heavy atom. The molecule has 6 nitrogen and oxygen atoms in total. The van der Waals surface area contributed by atoms with E-state index in [0.717, 1.165) is 35.2 Å². The van der Waals surface area contributed by atoms with Crippen LogP contribution in [0.1, 0.15) is 39.3 Å². The van der Waals surface area contributed by atoms with Crippen LogP contribution in [-0.4, -0.2) is 29.5 Å². The van der Waals surface area contributed by atoms with Gasteiger partial charge in [-0.05, 0) is 66.9 Å². The van der Waals surface area contributed by atoms with E-state index in [-0.39, 0.29) is 5.91 Å². The Hall–Kier alpha value is -4.06. The van der Waals surface area contributed by atoms with Crippen molar-refractivity contribution in [3.8, 4) is 0 Å². The number of nitrogens with one attached hydrogen (secondary N) is 1. The summed E-state index contributed by atoms with van der Waals surface area (Å²) < 4.78 is 2.00. The van der Waals surface area contributed by atoms with E-state index in [1.54, 1.807) is 12.1 Å². The van der Waals surface area contributed by atoms with Crippen LogP contribution < -0.4 is 16.0 Å². The van der Waals surface area contributed by atoms with Crippen molar-refractivity contribution in [3.05, 3.63) is 95.7 Å². The molecule has 2 heterocycles. The zero-order valence-electron chi connectivity index (χ0n) is 18.3. The molecule has 5 rings (SSSR count). The van der Waals surface area contributed by atoms with Crippen LogP contribution >= 0.6 is 0 Å². The molecule has 4 aromatic rings. The van der Waals surface area contributed by atoms with E-state index < -0.39 is 5.91 Å². The summed E-state index contributed by atoms with van der Waals surface area (Å²) >= 11 is 0. The van der Waals surface area contributed by atoms with Gasteiger partial charge in [-0.25, -0.2) is 0 Å². The predicted octanol–water partition coefficient (Wildman–Crippen LogP) is 4.64. The van der Waals surface area contributed by atoms with Crippen LogP contribution in [0.2, 0.25) is 0 Å². The van der Waals surface area contributed by atoms with E-state index in [1.807, 2.05) is 59.2 Å². The topological polar surface area (TPSA) is 80.4 Å². The zero-order chi connectivity index (χ0) is 22.8. The maximum absolute atomic E-state index is 13.3. The molecular weight excluding hydrogens is 412 g/mol. The third kappa shape index (κ3) is 4.32. The average Bonchev–Trinajstić information content (AvgIpc) is 3.49. The Morgan fingerprint density at radius 1 is 0.879 bits per heavy atom. The molecule has 0 radical (unpaired) electrons. The summed E-state index contributed by atoms with van der Waals surface area (Å²) in [4.78, 5) is 27.0. The number of anilines is 2. The minimum Gasteiger partial charge on any atom is -0.372 e. The highest BCUT2D eigenvalue weighted by atomic mass is 16.2. The number of carbonyl (C=O) groups excluding carboxylic acids is 2. The molecule has 0 spiro atoms. The molecule has 0 saturated carbocycles. The molecule has 1 aliphatic heterocycles. The predicted molar refractivity (Wildman–Crippen MR) is 132 cm³/mol. The molecule has 0 bridgehead atoms. The SMILES string of the molecule is NC(=O)c1ccc(Cn2c(C(=O)Nc3ccc(N4CCCC4)cc3)cc3ccccc32)cc1. The highest BCUT2D eigenvalue weighted by Gasteiger charge is 2.17. The van der Waals surface area contributed by atoms with Gasteiger partial charge in [0.15, 0.2) is 0 Å². The van der Waals surface area contributed by atoms with Gasteiger partial charge in [0.2, 0.25) is 5.91 Å². The molecule has 1 aliphatic rings. The van der Waals surface area contributed by atoms with Crippen molar-refractivity contribution < 1.29 is 9.59 Å². The number of rotatable bonds is 6. The lowest BCUT2D eigenvalue weighted by Gasteiger charge is -2.18. The summed E-state index contributed by atoms with van der Waals surface area (Å²) in [5, 5.41) is 4.05. The first-order valence-electron chi connectivity index (χ1n) is 11.2. The molecule has 0 atom stereocenters. The number of carbonyl (C=O) groups is 2. The summed E-state index contributed by atoms with van der Waals surface area (Å²) in [6.07, 6.45) is 2.46. The largest absolute Gasteiger partial charge is 0.372 e. The zero-order valence-corrected chi connectivity index (χ0v) is 18.3. The van der Waals surface area contributed by atoms with Gasteiger partial charge in [0, 0.05) is 47.5 Å². The number of hydrogen-bond donors (Lipinski definition) is 2. The van der Waals surface area contributed by atoms with Gasteiger partial charge in [0.1, 0.15) is 5.69 Å². The summed E-state index contributed by atoms with van der Waals surface area (Å²) in [6, 6.07) is 25.1. The van der Waals surface area contributed by atoms with Crippen molar-refractivity contribution in [3.63, 3.8) is 0 Å². The fraction of sp³-hybridized carbons (Fsp3) is 0.185. The smallest absolute Gasteiger partial charge is 0.272 e. The van der Waals surface area contributed by atoms with Crippen LogP contribution in [0.15, 0.2) is 78.9 Å². The number of amides is 2. The maximum atomic E-state index is 13.3. The molecule has 166 valence electrons. The monoisotopic (exact) mass is 438 g/mol. The van der Waals surface area contributed by atoms with Crippen molar-refractivity contribution in [2.45, 2.75) is 19.4 Å². The van der Waals surface area contributed by atoms with Crippen molar-refractivity contribution in [2.75, 3.05) is 23.3 Å². The second-order valence-electron chi connectivity index (χ2n) is 8.43. The maximum Gasteiger partial charge on any atom is 0.272 e. The number of para-hydroxylation sites is 1. The first kappa shape index (κ1) is 20.8. The third-order valence-corrected chi connectivity index (χ3v) is 6.22. The van der Waals surface area contributed by atoms with E-state index >= 15 is 0 Å². The molecule has 0 aliphatic carbocycles. The van der Waals surface area contributed by atoms with E-state index in [9.17, 15) is 9.59 Å². The van der Waals surface area contributed by atoms with Crippen LogP contribution in [-0.2, 0) is 6.54 Å². The van der Waals surface area contributed by atoms with Crippen LogP contribution in [0.5, 0.6) is 0 Å². The number of aromatic nitrogens is 1. The molecule has 3 N–H and O–H groups in total. The van der Waals surface area contributed by atoms with E-state index in [2.05, 4.69) is 22.3 Å². The van der Waals surface area contributed by atoms with E-state index in [1.165, 1.54) is 18.5 Å². The van der Waals surface area contributed by atoms with Crippen LogP contribution in [0.3, 0.4) is 0 Å². The first-order valence-corrected chi connectivity index (χ1v) is 11.2. The number of primary amides is 1. The summed E-state index contributed by atoms with van der Waals surface area (Å²) in [7, 11) is 0. The molecule has 0 unspecified atom stereocenters. The molecule has 3 aromatic carbocycles. The number of fused-ring (bicyclic) bond motifs is 1. The summed E-state index contributed by atoms with van der Waals surface area (Å²) in [6.45, 7) is 2.68. The van der Waals surface area contributed by atoms with Gasteiger partial charge in [-0.1, -0.05) is 30.3 Å². The molecule has 1 saturated heterocycles. The Balaban J connectivity index is 1.41. The Bertz CT molecular complexity index is 1300. The second-order valence-corrected chi connectivity index (χ2v) is 8.43. The van der Waals surface area contributed by atoms with E-state index in [0.29, 0.717) is 17.8 Å². The quantitative estimate of drug-likeness (QED) is 0.460. The minimum absolute atomic E-state index is 0.158. The average molecular weight is 439 g/mol. The van der Waals surface area contributed by atoms with Crippen molar-refractivity contribution in [2.24, 2.45) is 5.73 Å². The Morgan fingerprint density at radius 2 is 1.58 bits per heavy atom. The lowest BCUT2D eigenvalue weighted by molar-refractivity contribution is 0.0997. The van der Waals surface area contributed by atoms with Crippen LogP contribution in [0.25, 0.3) is 10.9 Å². The molecule has 33 heavy (non-hydrogen) atoms. The molecule has 6 heteroatoms. The van der Waals surface area contributed by atoms with Gasteiger partial charge >= 0.3 is 0 Å². The Kier molecular flexibility index (Phi) is 5.57. The molecule has 1 aromatic heterocycles. The number of benzene rings is 3. The molecule has 1 fully saturated rings. The lowest BCUT2D eigenvalue weighted by atomic mass is 10.1. The van der Waals surface area contributed by atoms with Gasteiger partial charge in [-0.15, -0.1) is 0 Å². The number of hydrogen-bond acceptors (Lipinski definition) is 3. The number of nitrogens with zero attached hydrogens (tertiary/aromatic N) is 2. The van der Waals surface area contributed by atoms with E-state index in [4.69, 9.17) is 5.73 Å². The fourth-order valence-electron chi connectivity index (χ4n) is 4.45. The number of nitrogens with two attached hydrogens (primary N) is 1. The van der Waals surface area contributed by atoms with Crippen LogP contribution in [0.4, 0.5) is 11.4 Å². The molecular formula is C27H26N4O2. The first-order chi connectivity index (χ1) is 16.1. The van der Waals surface area contributed by atoms with Crippen molar-refractivity contribution >= 4 is 34.1 Å². The van der Waals surface area contributed by atoms with Crippen LogP contribution in [0, 0.1) is 0 Å². The van der Waals surface area contributed by atoms with Gasteiger partial charge in [-0.2, -0.15) is 0 Å². The highest BCUT2D eigenvalue weighted by Crippen LogP contribution is 2.25. The second kappa shape index (κ2) is 8.82. The van der Waals surface area contributed by atoms with Crippen molar-refractivity contribution in [1.29, 1.82) is 0 Å². The standard InChI is InChI=1S/C27H26N4O2/c28-26(32)20-9-7-19(8-10-20)18-31-24-6-2-1-5-21(24)17-25(31)27(33)29-22-11-13-23(14-12-22)30-15-3-4-16-30/h1-2,5-14,17H,3-4,15-16,18H2,(H2,28,32)(H,29,33).